The van der Waals surface area contributed by atoms with E-state index in [0.717, 1.165) is 18.4 Å². The van der Waals surface area contributed by atoms with Gasteiger partial charge < -0.3 is 15.2 Å². The van der Waals surface area contributed by atoms with Gasteiger partial charge in [-0.15, -0.1) is 0 Å². The normalized spacial score (nSPS) is 22.0. The summed E-state index contributed by atoms with van der Waals surface area (Å²) in [6.07, 6.45) is 2.32. The van der Waals surface area contributed by atoms with E-state index in [-0.39, 0.29) is 18.6 Å². The Labute approximate surface area is 117 Å². The lowest BCUT2D eigenvalue weighted by molar-refractivity contribution is -0.143. The molecular weight excluding hydrogens is 258 g/mol. The Morgan fingerprint density at radius 1 is 1.25 bits per heavy atom. The minimum absolute atomic E-state index is 0.104. The molecule has 0 spiro atoms. The molecule has 2 atom stereocenters. The van der Waals surface area contributed by atoms with Crippen molar-refractivity contribution in [3.8, 4) is 0 Å². The van der Waals surface area contributed by atoms with E-state index in [1.54, 1.807) is 0 Å². The third kappa shape index (κ3) is 4.26. The third-order valence-corrected chi connectivity index (χ3v) is 3.56. The fraction of sp³-hybridized carbons (Fsp3) is 0.467. The van der Waals surface area contributed by atoms with Gasteiger partial charge >= 0.3 is 12.1 Å². The van der Waals surface area contributed by atoms with Gasteiger partial charge in [0.2, 0.25) is 0 Å². The van der Waals surface area contributed by atoms with E-state index in [0.29, 0.717) is 12.8 Å². The topological polar surface area (TPSA) is 75.6 Å². The van der Waals surface area contributed by atoms with E-state index in [4.69, 9.17) is 9.84 Å². The van der Waals surface area contributed by atoms with Gasteiger partial charge in [-0.05, 0) is 24.8 Å². The maximum absolute atomic E-state index is 11.7. The monoisotopic (exact) mass is 277 g/mol. The highest BCUT2D eigenvalue weighted by atomic mass is 16.5. The van der Waals surface area contributed by atoms with Crippen LogP contribution in [0.4, 0.5) is 4.79 Å². The predicted octanol–water partition coefficient (Wildman–Crippen LogP) is 2.56. The number of rotatable bonds is 4. The number of carbonyl (C=O) groups excluding carboxylic acids is 1. The molecule has 0 aliphatic heterocycles. The van der Waals surface area contributed by atoms with Crippen LogP contribution in [0, 0.1) is 5.92 Å². The Bertz CT molecular complexity index is 460. The van der Waals surface area contributed by atoms with Gasteiger partial charge in [0.25, 0.3) is 0 Å². The lowest BCUT2D eigenvalue weighted by Crippen LogP contribution is -2.40. The second-order valence-corrected chi connectivity index (χ2v) is 5.10. The van der Waals surface area contributed by atoms with Crippen LogP contribution in [0.3, 0.4) is 0 Å². The number of alkyl carbamates (subject to hydrolysis) is 1. The first-order valence-corrected chi connectivity index (χ1v) is 6.85. The van der Waals surface area contributed by atoms with Gasteiger partial charge in [0.15, 0.2) is 0 Å². The van der Waals surface area contributed by atoms with Crippen LogP contribution in [0.25, 0.3) is 0 Å². The number of carboxylic acids is 1. The molecule has 1 aliphatic carbocycles. The van der Waals surface area contributed by atoms with Crippen LogP contribution in [0.15, 0.2) is 30.3 Å². The van der Waals surface area contributed by atoms with Crippen molar-refractivity contribution in [2.45, 2.75) is 38.3 Å². The average molecular weight is 277 g/mol. The van der Waals surface area contributed by atoms with Gasteiger partial charge in [0, 0.05) is 6.04 Å². The molecule has 108 valence electrons. The number of amides is 1. The fourth-order valence-corrected chi connectivity index (χ4v) is 2.48. The van der Waals surface area contributed by atoms with E-state index < -0.39 is 12.1 Å². The zero-order valence-corrected chi connectivity index (χ0v) is 11.2. The number of nitrogens with one attached hydrogen (secondary N) is 1. The summed E-state index contributed by atoms with van der Waals surface area (Å²) in [4.78, 5) is 22.6. The molecule has 1 amide bonds. The molecule has 0 aromatic heterocycles. The number of hydrogen-bond acceptors (Lipinski definition) is 3. The van der Waals surface area contributed by atoms with Crippen LogP contribution in [0.5, 0.6) is 0 Å². The van der Waals surface area contributed by atoms with Crippen LogP contribution in [0.1, 0.15) is 31.2 Å². The molecule has 1 aromatic rings. The Hall–Kier alpha value is -2.04. The molecule has 5 heteroatoms. The molecule has 0 unspecified atom stereocenters. The maximum Gasteiger partial charge on any atom is 0.407 e. The zero-order chi connectivity index (χ0) is 14.4. The first-order chi connectivity index (χ1) is 9.65. The van der Waals surface area contributed by atoms with Crippen LogP contribution >= 0.6 is 0 Å². The Balaban J connectivity index is 1.75. The molecule has 0 saturated heterocycles. The number of carbonyl (C=O) groups is 2. The molecule has 1 aliphatic rings. The lowest BCUT2D eigenvalue weighted by atomic mass is 9.86. The lowest BCUT2D eigenvalue weighted by Gasteiger charge is -2.26. The minimum Gasteiger partial charge on any atom is -0.481 e. The quantitative estimate of drug-likeness (QED) is 0.886. The largest absolute Gasteiger partial charge is 0.481 e. The molecule has 0 radical (unpaired) electrons. The minimum atomic E-state index is -0.783. The van der Waals surface area contributed by atoms with Crippen molar-refractivity contribution in [3.63, 3.8) is 0 Å². The van der Waals surface area contributed by atoms with Gasteiger partial charge in [-0.1, -0.05) is 36.8 Å². The molecule has 20 heavy (non-hydrogen) atoms. The fourth-order valence-electron chi connectivity index (χ4n) is 2.48. The number of aliphatic carboxylic acids is 1. The van der Waals surface area contributed by atoms with Gasteiger partial charge in [-0.3, -0.25) is 4.79 Å². The van der Waals surface area contributed by atoms with Gasteiger partial charge in [-0.2, -0.15) is 0 Å². The van der Waals surface area contributed by atoms with Crippen molar-refractivity contribution in [3.05, 3.63) is 35.9 Å². The van der Waals surface area contributed by atoms with Crippen molar-refractivity contribution < 1.29 is 19.4 Å². The van der Waals surface area contributed by atoms with E-state index in [2.05, 4.69) is 5.32 Å². The number of ether oxygens (including phenoxy) is 1. The van der Waals surface area contributed by atoms with E-state index in [1.807, 2.05) is 30.3 Å². The summed E-state index contributed by atoms with van der Waals surface area (Å²) in [7, 11) is 0. The molecule has 1 fully saturated rings. The number of benzene rings is 1. The van der Waals surface area contributed by atoms with Gasteiger partial charge in [-0.25, -0.2) is 4.79 Å². The van der Waals surface area contributed by atoms with Gasteiger partial charge in [0.1, 0.15) is 6.61 Å². The summed E-state index contributed by atoms with van der Waals surface area (Å²) in [6.45, 7) is 0.224. The van der Waals surface area contributed by atoms with Crippen molar-refractivity contribution in [1.82, 2.24) is 5.32 Å². The second-order valence-electron chi connectivity index (χ2n) is 5.10. The first-order valence-electron chi connectivity index (χ1n) is 6.85. The molecular formula is C15H19NO4. The SMILES string of the molecule is O=C(N[C@H]1CCC[C@H](C(=O)O)C1)OCc1ccccc1. The summed E-state index contributed by atoms with van der Waals surface area (Å²) < 4.78 is 5.13. The summed E-state index contributed by atoms with van der Waals surface area (Å²) in [5.41, 5.74) is 0.926. The van der Waals surface area contributed by atoms with Gasteiger partial charge in [0.05, 0.1) is 5.92 Å². The molecule has 0 bridgehead atoms. The smallest absolute Gasteiger partial charge is 0.407 e. The summed E-state index contributed by atoms with van der Waals surface area (Å²) in [5, 5.41) is 11.7. The van der Waals surface area contributed by atoms with Crippen LogP contribution in [-0.4, -0.2) is 23.2 Å². The molecule has 1 aromatic carbocycles. The molecule has 1 saturated carbocycles. The summed E-state index contributed by atoms with van der Waals surface area (Å²) in [6, 6.07) is 9.33. The van der Waals surface area contributed by atoms with Crippen molar-refractivity contribution in [1.29, 1.82) is 0 Å². The number of carboxylic acid groups (broad SMARTS) is 1. The third-order valence-electron chi connectivity index (χ3n) is 3.56. The standard InChI is InChI=1S/C15H19NO4/c17-14(18)12-7-4-8-13(9-12)16-15(19)20-10-11-5-2-1-3-6-11/h1-3,5-6,12-13H,4,7-10H2,(H,16,19)(H,17,18)/t12-,13-/m0/s1. The van der Waals surface area contributed by atoms with Crippen LogP contribution in [-0.2, 0) is 16.1 Å². The Morgan fingerprint density at radius 2 is 2.00 bits per heavy atom. The van der Waals surface area contributed by atoms with E-state index >= 15 is 0 Å². The molecule has 2 N–H and O–H groups in total. The number of hydrogen-bond donors (Lipinski definition) is 2. The van der Waals surface area contributed by atoms with Crippen molar-refractivity contribution in [2.24, 2.45) is 5.92 Å². The molecule has 5 nitrogen and oxygen atoms in total. The Kier molecular flexibility index (Phi) is 4.98. The van der Waals surface area contributed by atoms with Crippen LogP contribution in [0.2, 0.25) is 0 Å². The predicted molar refractivity (Wildman–Crippen MR) is 73.1 cm³/mol. The molecule has 0 heterocycles. The highest BCUT2D eigenvalue weighted by Gasteiger charge is 2.28. The second kappa shape index (κ2) is 6.93. The van der Waals surface area contributed by atoms with Crippen molar-refractivity contribution in [2.75, 3.05) is 0 Å². The highest BCUT2D eigenvalue weighted by molar-refractivity contribution is 5.71. The van der Waals surface area contributed by atoms with E-state index in [1.165, 1.54) is 0 Å². The average Bonchev–Trinajstić information content (AvgIpc) is 2.46. The maximum atomic E-state index is 11.7. The highest BCUT2D eigenvalue weighted by Crippen LogP contribution is 2.24. The molecule has 2 rings (SSSR count). The van der Waals surface area contributed by atoms with Crippen molar-refractivity contribution >= 4 is 12.1 Å². The Morgan fingerprint density at radius 3 is 2.70 bits per heavy atom. The van der Waals surface area contributed by atoms with Crippen LogP contribution < -0.4 is 5.32 Å². The zero-order valence-electron chi connectivity index (χ0n) is 11.2. The van der Waals surface area contributed by atoms with E-state index in [9.17, 15) is 9.59 Å². The summed E-state index contributed by atoms with van der Waals surface area (Å²) in [5.74, 6) is -1.14. The summed E-state index contributed by atoms with van der Waals surface area (Å²) >= 11 is 0. The first kappa shape index (κ1) is 14.4.